The van der Waals surface area contributed by atoms with Crippen molar-refractivity contribution in [3.05, 3.63) is 65.5 Å². The normalized spacial score (nSPS) is 18.8. The molecule has 0 aliphatic carbocycles. The average Bonchev–Trinajstić information content (AvgIpc) is 2.92. The molecule has 4 rings (SSSR count). The number of aliphatic hydroxyl groups is 1. The van der Waals surface area contributed by atoms with Gasteiger partial charge in [0, 0.05) is 37.3 Å². The fourth-order valence-corrected chi connectivity index (χ4v) is 4.12. The smallest absolute Gasteiger partial charge is 0.246 e. The van der Waals surface area contributed by atoms with Gasteiger partial charge in [0.1, 0.15) is 18.2 Å². The standard InChI is InChI=1S/C22H21F3N2O3/c1-2-18(29)27-7-6-26-9-14-8-17(24)20(19-13(11-28)4-3-5-16(19)23)21(25)22(14)30-12-15(26)10-27/h2-5,8,15,28H,1,6-7,9-12H2/t15-/m1/s1. The summed E-state index contributed by atoms with van der Waals surface area (Å²) >= 11 is 0. The molecular formula is C22H21F3N2O3. The van der Waals surface area contributed by atoms with E-state index in [9.17, 15) is 18.7 Å². The van der Waals surface area contributed by atoms with Crippen LogP contribution in [0.1, 0.15) is 11.1 Å². The number of ether oxygens (including phenoxy) is 1. The summed E-state index contributed by atoms with van der Waals surface area (Å²) in [6, 6.07) is 4.84. The van der Waals surface area contributed by atoms with Crippen LogP contribution in [0.5, 0.6) is 5.75 Å². The molecule has 0 aromatic heterocycles. The number of carbonyl (C=O) groups is 1. The van der Waals surface area contributed by atoms with E-state index in [1.807, 2.05) is 4.90 Å². The topological polar surface area (TPSA) is 53.0 Å². The van der Waals surface area contributed by atoms with E-state index in [0.717, 1.165) is 12.1 Å². The van der Waals surface area contributed by atoms with Crippen molar-refractivity contribution < 1.29 is 27.8 Å². The van der Waals surface area contributed by atoms with Crippen LogP contribution >= 0.6 is 0 Å². The van der Waals surface area contributed by atoms with Crippen molar-refractivity contribution in [3.63, 3.8) is 0 Å². The van der Waals surface area contributed by atoms with Gasteiger partial charge in [0.2, 0.25) is 5.91 Å². The van der Waals surface area contributed by atoms with E-state index < -0.39 is 29.6 Å². The molecule has 0 radical (unpaired) electrons. The molecule has 8 heteroatoms. The summed E-state index contributed by atoms with van der Waals surface area (Å²) in [6.45, 7) is 4.67. The highest BCUT2D eigenvalue weighted by Crippen LogP contribution is 2.39. The molecule has 1 saturated heterocycles. The Morgan fingerprint density at radius 1 is 1.23 bits per heavy atom. The van der Waals surface area contributed by atoms with E-state index in [1.165, 1.54) is 18.2 Å². The van der Waals surface area contributed by atoms with Gasteiger partial charge < -0.3 is 14.7 Å². The van der Waals surface area contributed by atoms with Crippen LogP contribution in [0.3, 0.4) is 0 Å². The third-order valence-corrected chi connectivity index (χ3v) is 5.65. The SMILES string of the molecule is C=CC(=O)N1CCN2Cc3cc(F)c(-c4c(F)cccc4CO)c(F)c3OC[C@H]2C1. The van der Waals surface area contributed by atoms with Crippen LogP contribution in [0, 0.1) is 17.5 Å². The summed E-state index contributed by atoms with van der Waals surface area (Å²) in [5.74, 6) is -3.07. The van der Waals surface area contributed by atoms with Gasteiger partial charge in [0.05, 0.1) is 18.2 Å². The molecule has 2 aliphatic heterocycles. The van der Waals surface area contributed by atoms with Gasteiger partial charge >= 0.3 is 0 Å². The van der Waals surface area contributed by atoms with E-state index in [2.05, 4.69) is 6.58 Å². The summed E-state index contributed by atoms with van der Waals surface area (Å²) in [6.07, 6.45) is 1.25. The highest BCUT2D eigenvalue weighted by Gasteiger charge is 2.34. The lowest BCUT2D eigenvalue weighted by atomic mass is 9.96. The molecule has 2 heterocycles. The lowest BCUT2D eigenvalue weighted by molar-refractivity contribution is -0.129. The van der Waals surface area contributed by atoms with Crippen molar-refractivity contribution in [2.45, 2.75) is 19.2 Å². The molecule has 5 nitrogen and oxygen atoms in total. The molecule has 1 N–H and O–H groups in total. The molecule has 1 amide bonds. The Bertz CT molecular complexity index is 1010. The zero-order valence-corrected chi connectivity index (χ0v) is 16.2. The van der Waals surface area contributed by atoms with Gasteiger partial charge in [0.15, 0.2) is 11.6 Å². The van der Waals surface area contributed by atoms with Crippen molar-refractivity contribution in [3.8, 4) is 16.9 Å². The van der Waals surface area contributed by atoms with E-state index >= 15 is 4.39 Å². The maximum atomic E-state index is 15.4. The van der Waals surface area contributed by atoms with Crippen LogP contribution in [-0.4, -0.2) is 53.1 Å². The van der Waals surface area contributed by atoms with Crippen LogP contribution in [0.4, 0.5) is 13.2 Å². The summed E-state index contributed by atoms with van der Waals surface area (Å²) in [5, 5.41) is 9.51. The second-order valence-electron chi connectivity index (χ2n) is 7.39. The summed E-state index contributed by atoms with van der Waals surface area (Å²) < 4.78 is 50.5. The van der Waals surface area contributed by atoms with Crippen LogP contribution in [-0.2, 0) is 17.9 Å². The number of halogens is 3. The first kappa shape index (κ1) is 20.4. The van der Waals surface area contributed by atoms with Crippen molar-refractivity contribution in [1.29, 1.82) is 0 Å². The van der Waals surface area contributed by atoms with Crippen LogP contribution in [0.15, 0.2) is 36.9 Å². The van der Waals surface area contributed by atoms with Gasteiger partial charge in [-0.25, -0.2) is 13.2 Å². The summed E-state index contributed by atoms with van der Waals surface area (Å²) in [5.41, 5.74) is -0.468. The van der Waals surface area contributed by atoms with Crippen LogP contribution in [0.2, 0.25) is 0 Å². The Balaban J connectivity index is 1.72. The van der Waals surface area contributed by atoms with Crippen LogP contribution in [0.25, 0.3) is 11.1 Å². The number of carbonyl (C=O) groups excluding carboxylic acids is 1. The number of fused-ring (bicyclic) bond motifs is 2. The molecule has 0 saturated carbocycles. The lowest BCUT2D eigenvalue weighted by Crippen LogP contribution is -2.55. The first-order valence-corrected chi connectivity index (χ1v) is 9.62. The van der Waals surface area contributed by atoms with Crippen molar-refractivity contribution in [2.24, 2.45) is 0 Å². The number of hydrogen-bond acceptors (Lipinski definition) is 4. The predicted molar refractivity (Wildman–Crippen MR) is 104 cm³/mol. The Morgan fingerprint density at radius 2 is 2.03 bits per heavy atom. The van der Waals surface area contributed by atoms with E-state index in [4.69, 9.17) is 4.74 Å². The zero-order valence-electron chi connectivity index (χ0n) is 16.2. The van der Waals surface area contributed by atoms with Crippen LogP contribution < -0.4 is 4.74 Å². The average molecular weight is 418 g/mol. The monoisotopic (exact) mass is 418 g/mol. The Labute approximate surface area is 172 Å². The quantitative estimate of drug-likeness (QED) is 0.779. The van der Waals surface area contributed by atoms with Gasteiger partial charge in [-0.05, 0) is 23.8 Å². The van der Waals surface area contributed by atoms with Crippen molar-refractivity contribution >= 4 is 5.91 Å². The molecule has 1 atom stereocenters. The Kier molecular flexibility index (Phi) is 5.53. The summed E-state index contributed by atoms with van der Waals surface area (Å²) in [4.78, 5) is 15.6. The number of nitrogens with zero attached hydrogens (tertiary/aromatic N) is 2. The van der Waals surface area contributed by atoms with Gasteiger partial charge in [-0.3, -0.25) is 9.69 Å². The molecular weight excluding hydrogens is 397 g/mol. The first-order chi connectivity index (χ1) is 14.4. The molecule has 158 valence electrons. The number of amides is 1. The number of piperazine rings is 1. The highest BCUT2D eigenvalue weighted by molar-refractivity contribution is 5.87. The molecule has 0 bridgehead atoms. The minimum Gasteiger partial charge on any atom is -0.488 e. The molecule has 2 aliphatic rings. The van der Waals surface area contributed by atoms with Gasteiger partial charge in [-0.15, -0.1) is 0 Å². The van der Waals surface area contributed by atoms with E-state index in [1.54, 1.807) is 4.90 Å². The molecule has 2 aromatic carbocycles. The minimum atomic E-state index is -0.997. The fraction of sp³-hybridized carbons (Fsp3) is 0.318. The van der Waals surface area contributed by atoms with Crippen molar-refractivity contribution in [1.82, 2.24) is 9.80 Å². The first-order valence-electron chi connectivity index (χ1n) is 9.62. The van der Waals surface area contributed by atoms with Gasteiger partial charge in [-0.2, -0.15) is 0 Å². The second kappa shape index (κ2) is 8.12. The van der Waals surface area contributed by atoms with E-state index in [-0.39, 0.29) is 42.0 Å². The number of hydrogen-bond donors (Lipinski definition) is 1. The van der Waals surface area contributed by atoms with Gasteiger partial charge in [-0.1, -0.05) is 18.7 Å². The third kappa shape index (κ3) is 3.46. The maximum Gasteiger partial charge on any atom is 0.246 e. The molecule has 0 unspecified atom stereocenters. The number of aliphatic hydroxyl groups excluding tert-OH is 1. The fourth-order valence-electron chi connectivity index (χ4n) is 4.12. The Morgan fingerprint density at radius 3 is 2.77 bits per heavy atom. The zero-order chi connectivity index (χ0) is 21.4. The third-order valence-electron chi connectivity index (χ3n) is 5.65. The predicted octanol–water partition coefficient (Wildman–Crippen LogP) is 2.85. The number of benzene rings is 2. The molecule has 0 spiro atoms. The highest BCUT2D eigenvalue weighted by atomic mass is 19.1. The summed E-state index contributed by atoms with van der Waals surface area (Å²) in [7, 11) is 0. The maximum absolute atomic E-state index is 15.4. The number of rotatable bonds is 3. The molecule has 30 heavy (non-hydrogen) atoms. The van der Waals surface area contributed by atoms with Gasteiger partial charge in [0.25, 0.3) is 0 Å². The van der Waals surface area contributed by atoms with E-state index in [0.29, 0.717) is 25.2 Å². The second-order valence-corrected chi connectivity index (χ2v) is 7.39. The largest absolute Gasteiger partial charge is 0.488 e. The lowest BCUT2D eigenvalue weighted by Gasteiger charge is -2.39. The molecule has 1 fully saturated rings. The minimum absolute atomic E-state index is 0.0809. The Hall–Kier alpha value is -2.84. The van der Waals surface area contributed by atoms with Crippen molar-refractivity contribution in [2.75, 3.05) is 26.2 Å². The molecule has 2 aromatic rings.